The van der Waals surface area contributed by atoms with Crippen molar-refractivity contribution in [3.8, 4) is 11.1 Å². The van der Waals surface area contributed by atoms with Crippen LogP contribution in [0.1, 0.15) is 44.0 Å². The lowest BCUT2D eigenvalue weighted by atomic mass is 10.0. The number of carboxylic acids is 1. The minimum absolute atomic E-state index is 0.0382. The highest BCUT2D eigenvalue weighted by Crippen LogP contribution is 2.32. The van der Waals surface area contributed by atoms with Gasteiger partial charge in [-0.15, -0.1) is 11.3 Å². The topological polar surface area (TPSA) is 72.2 Å². The normalized spacial score (nSPS) is 11.4. The average Bonchev–Trinajstić information content (AvgIpc) is 3.01. The molecule has 26 heavy (non-hydrogen) atoms. The molecule has 1 N–H and O–H groups in total. The van der Waals surface area contributed by atoms with Crippen molar-refractivity contribution in [2.24, 2.45) is 0 Å². The van der Waals surface area contributed by atoms with Gasteiger partial charge in [0, 0.05) is 29.8 Å². The van der Waals surface area contributed by atoms with Gasteiger partial charge < -0.3 is 5.11 Å². The Balaban J connectivity index is 2.15. The van der Waals surface area contributed by atoms with E-state index in [0.29, 0.717) is 24.2 Å². The minimum atomic E-state index is -0.853. The summed E-state index contributed by atoms with van der Waals surface area (Å²) in [6.07, 6.45) is 0.447. The molecule has 136 valence electrons. The van der Waals surface area contributed by atoms with Gasteiger partial charge in [0.2, 0.25) is 0 Å². The number of aryl methyl sites for hydroxylation is 1. The molecule has 0 radical (unpaired) electrons. The van der Waals surface area contributed by atoms with Crippen molar-refractivity contribution < 1.29 is 9.90 Å². The summed E-state index contributed by atoms with van der Waals surface area (Å²) in [5.41, 5.74) is 2.97. The van der Waals surface area contributed by atoms with Crippen LogP contribution in [0, 0.1) is 6.92 Å². The molecule has 6 heteroatoms. The molecule has 0 amide bonds. The van der Waals surface area contributed by atoms with Gasteiger partial charge in [0.05, 0.1) is 5.39 Å². The van der Waals surface area contributed by atoms with E-state index in [1.165, 1.54) is 16.9 Å². The summed E-state index contributed by atoms with van der Waals surface area (Å²) in [7, 11) is 0. The highest BCUT2D eigenvalue weighted by atomic mass is 32.1. The molecule has 5 nitrogen and oxygen atoms in total. The van der Waals surface area contributed by atoms with Gasteiger partial charge in [-0.2, -0.15) is 0 Å². The molecule has 0 aliphatic rings. The molecule has 3 rings (SSSR count). The van der Waals surface area contributed by atoms with Gasteiger partial charge in [0.25, 0.3) is 5.56 Å². The third kappa shape index (κ3) is 3.55. The molecule has 0 bridgehead atoms. The molecular weight excluding hydrogens is 348 g/mol. The number of rotatable bonds is 6. The first kappa shape index (κ1) is 18.3. The van der Waals surface area contributed by atoms with Crippen LogP contribution in [-0.2, 0) is 11.3 Å². The highest BCUT2D eigenvalue weighted by molar-refractivity contribution is 7.17. The second-order valence-electron chi connectivity index (χ2n) is 6.77. The van der Waals surface area contributed by atoms with E-state index in [-0.39, 0.29) is 17.9 Å². The number of hydrogen-bond acceptors (Lipinski definition) is 4. The van der Waals surface area contributed by atoms with Crippen LogP contribution in [0.15, 0.2) is 34.4 Å². The second kappa shape index (κ2) is 7.41. The third-order valence-electron chi connectivity index (χ3n) is 4.37. The zero-order valence-corrected chi connectivity index (χ0v) is 16.0. The Hall–Kier alpha value is -2.47. The fourth-order valence-corrected chi connectivity index (χ4v) is 3.98. The minimum Gasteiger partial charge on any atom is -0.481 e. The molecule has 3 aromatic rings. The number of aliphatic carboxylic acids is 1. The molecule has 2 heterocycles. The van der Waals surface area contributed by atoms with Crippen molar-refractivity contribution in [1.29, 1.82) is 0 Å². The predicted molar refractivity (Wildman–Crippen MR) is 105 cm³/mol. The summed E-state index contributed by atoms with van der Waals surface area (Å²) in [4.78, 5) is 29.5. The van der Waals surface area contributed by atoms with E-state index in [1.807, 2.05) is 50.4 Å². The van der Waals surface area contributed by atoms with Gasteiger partial charge in [-0.3, -0.25) is 14.2 Å². The first-order valence-electron chi connectivity index (χ1n) is 8.69. The van der Waals surface area contributed by atoms with Crippen molar-refractivity contribution in [2.75, 3.05) is 0 Å². The van der Waals surface area contributed by atoms with Crippen molar-refractivity contribution in [3.63, 3.8) is 0 Å². The maximum Gasteiger partial charge on any atom is 0.303 e. The number of thiophene rings is 1. The fourth-order valence-electron chi connectivity index (χ4n) is 3.03. The largest absolute Gasteiger partial charge is 0.481 e. The van der Waals surface area contributed by atoms with Crippen LogP contribution in [0.4, 0.5) is 0 Å². The van der Waals surface area contributed by atoms with Gasteiger partial charge in [0.1, 0.15) is 10.7 Å². The quantitative estimate of drug-likeness (QED) is 0.697. The molecule has 1 aromatic carbocycles. The van der Waals surface area contributed by atoms with E-state index in [9.17, 15) is 9.59 Å². The summed E-state index contributed by atoms with van der Waals surface area (Å²) in [6, 6.07) is 8.09. The van der Waals surface area contributed by atoms with Gasteiger partial charge >= 0.3 is 5.97 Å². The monoisotopic (exact) mass is 370 g/mol. The van der Waals surface area contributed by atoms with E-state index >= 15 is 0 Å². The number of carboxylic acid groups (broad SMARTS) is 1. The maximum atomic E-state index is 13.2. The Morgan fingerprint density at radius 3 is 2.58 bits per heavy atom. The third-order valence-corrected chi connectivity index (χ3v) is 5.25. The number of aromatic nitrogens is 2. The Kier molecular flexibility index (Phi) is 5.23. The lowest BCUT2D eigenvalue weighted by Crippen LogP contribution is -2.26. The van der Waals surface area contributed by atoms with Crippen LogP contribution in [0.2, 0.25) is 0 Å². The van der Waals surface area contributed by atoms with Gasteiger partial charge in [-0.05, 0) is 18.9 Å². The van der Waals surface area contributed by atoms with Crippen molar-refractivity contribution >= 4 is 27.5 Å². The molecule has 0 fully saturated rings. The average molecular weight is 370 g/mol. The molecular formula is C20H22N2O3S. The fraction of sp³-hybridized carbons (Fsp3) is 0.350. The zero-order valence-electron chi connectivity index (χ0n) is 15.2. The highest BCUT2D eigenvalue weighted by Gasteiger charge is 2.18. The van der Waals surface area contributed by atoms with Gasteiger partial charge in [0.15, 0.2) is 0 Å². The first-order chi connectivity index (χ1) is 12.4. The molecule has 0 spiro atoms. The van der Waals surface area contributed by atoms with E-state index in [2.05, 4.69) is 0 Å². The molecule has 0 unspecified atom stereocenters. The van der Waals surface area contributed by atoms with Crippen LogP contribution in [0.3, 0.4) is 0 Å². The number of nitrogens with zero attached hydrogens (tertiary/aromatic N) is 2. The summed E-state index contributed by atoms with van der Waals surface area (Å²) < 4.78 is 1.65. The number of fused-ring (bicyclic) bond motifs is 1. The van der Waals surface area contributed by atoms with Crippen LogP contribution in [0.5, 0.6) is 0 Å². The molecule has 2 aromatic heterocycles. The van der Waals surface area contributed by atoms with Crippen LogP contribution in [0.25, 0.3) is 21.3 Å². The molecule has 0 aliphatic heterocycles. The predicted octanol–water partition coefficient (Wildman–Crippen LogP) is 4.42. The maximum absolute atomic E-state index is 13.2. The Morgan fingerprint density at radius 1 is 1.27 bits per heavy atom. The van der Waals surface area contributed by atoms with Crippen molar-refractivity contribution in [3.05, 3.63) is 51.4 Å². The molecule has 0 saturated heterocycles. The van der Waals surface area contributed by atoms with E-state index < -0.39 is 5.97 Å². The first-order valence-corrected chi connectivity index (χ1v) is 9.57. The summed E-state index contributed by atoms with van der Waals surface area (Å²) in [6.45, 7) is 6.39. The standard InChI is InChI=1S/C20H22N2O3S/c1-12(2)18-21-19-17(20(25)22(18)10-4-5-16(23)24)15(11-26-19)14-8-6-13(3)7-9-14/h6-9,11-12H,4-5,10H2,1-3H3,(H,23,24). The number of hydrogen-bond donors (Lipinski definition) is 1. The zero-order chi connectivity index (χ0) is 18.8. The van der Waals surface area contributed by atoms with Gasteiger partial charge in [-0.1, -0.05) is 43.7 Å². The number of benzene rings is 1. The van der Waals surface area contributed by atoms with E-state index in [1.54, 1.807) is 4.57 Å². The van der Waals surface area contributed by atoms with Crippen molar-refractivity contribution in [2.45, 2.75) is 46.1 Å². The van der Waals surface area contributed by atoms with Crippen LogP contribution >= 0.6 is 11.3 Å². The Bertz CT molecular complexity index is 1000. The summed E-state index contributed by atoms with van der Waals surface area (Å²) in [5.74, 6) is -0.0545. The number of carbonyl (C=O) groups is 1. The van der Waals surface area contributed by atoms with Crippen molar-refractivity contribution in [1.82, 2.24) is 9.55 Å². The smallest absolute Gasteiger partial charge is 0.303 e. The van der Waals surface area contributed by atoms with E-state index in [0.717, 1.165) is 16.0 Å². The second-order valence-corrected chi connectivity index (χ2v) is 7.63. The van der Waals surface area contributed by atoms with Crippen LogP contribution in [-0.4, -0.2) is 20.6 Å². The van der Waals surface area contributed by atoms with Crippen LogP contribution < -0.4 is 5.56 Å². The SMILES string of the molecule is Cc1ccc(-c2csc3nc(C(C)C)n(CCCC(=O)O)c(=O)c23)cc1. The molecule has 0 aliphatic carbocycles. The summed E-state index contributed by atoms with van der Waals surface area (Å²) in [5, 5.41) is 11.5. The lowest BCUT2D eigenvalue weighted by molar-refractivity contribution is -0.137. The van der Waals surface area contributed by atoms with Gasteiger partial charge in [-0.25, -0.2) is 4.98 Å². The molecule has 0 atom stereocenters. The Morgan fingerprint density at radius 2 is 1.96 bits per heavy atom. The summed E-state index contributed by atoms with van der Waals surface area (Å²) >= 11 is 1.48. The lowest BCUT2D eigenvalue weighted by Gasteiger charge is -2.15. The molecule has 0 saturated carbocycles. The Labute approximate surface area is 155 Å². The van der Waals surface area contributed by atoms with E-state index in [4.69, 9.17) is 10.1 Å².